The fourth-order valence-corrected chi connectivity index (χ4v) is 4.34. The SMILES string of the molecule is O[C@H]1CC[C@@H](Cc2cc(-c3ccccn3)on2)O[C@@H]1CN(CC1CC1)CC1CC1. The molecule has 3 atom stereocenters. The summed E-state index contributed by atoms with van der Waals surface area (Å²) in [7, 11) is 0. The fourth-order valence-electron chi connectivity index (χ4n) is 4.34. The fraction of sp³-hybridized carbons (Fsp3) is 0.652. The molecule has 6 heteroatoms. The first-order chi connectivity index (χ1) is 14.2. The van der Waals surface area contributed by atoms with Crippen molar-refractivity contribution < 1.29 is 14.4 Å². The summed E-state index contributed by atoms with van der Waals surface area (Å²) in [6.07, 6.45) is 9.18. The van der Waals surface area contributed by atoms with Crippen LogP contribution in [0.4, 0.5) is 0 Å². The average molecular weight is 398 g/mol. The molecular weight excluding hydrogens is 366 g/mol. The molecular formula is C23H31N3O3. The van der Waals surface area contributed by atoms with E-state index in [-0.39, 0.29) is 18.3 Å². The Kier molecular flexibility index (Phi) is 5.66. The molecule has 0 spiro atoms. The predicted molar refractivity (Wildman–Crippen MR) is 109 cm³/mol. The molecule has 3 aliphatic rings. The molecule has 29 heavy (non-hydrogen) atoms. The highest BCUT2D eigenvalue weighted by atomic mass is 16.5. The van der Waals surface area contributed by atoms with Gasteiger partial charge in [0.05, 0.1) is 24.0 Å². The van der Waals surface area contributed by atoms with E-state index in [0.717, 1.165) is 42.6 Å². The van der Waals surface area contributed by atoms with Gasteiger partial charge in [0.1, 0.15) is 5.69 Å². The van der Waals surface area contributed by atoms with Crippen molar-refractivity contribution in [2.24, 2.45) is 11.8 Å². The summed E-state index contributed by atoms with van der Waals surface area (Å²) in [5.41, 5.74) is 1.68. The molecule has 0 aromatic carbocycles. The van der Waals surface area contributed by atoms with Crippen molar-refractivity contribution >= 4 is 0 Å². The number of ether oxygens (including phenoxy) is 1. The highest BCUT2D eigenvalue weighted by molar-refractivity contribution is 5.51. The van der Waals surface area contributed by atoms with Crippen LogP contribution in [0.2, 0.25) is 0 Å². The predicted octanol–water partition coefficient (Wildman–Crippen LogP) is 3.31. The van der Waals surface area contributed by atoms with E-state index in [1.54, 1.807) is 6.20 Å². The third kappa shape index (κ3) is 5.24. The molecule has 5 rings (SSSR count). The van der Waals surface area contributed by atoms with Crippen molar-refractivity contribution in [3.8, 4) is 11.5 Å². The Balaban J connectivity index is 1.18. The minimum atomic E-state index is -0.367. The number of aromatic nitrogens is 2. The van der Waals surface area contributed by atoms with Crippen LogP contribution < -0.4 is 0 Å². The quantitative estimate of drug-likeness (QED) is 0.700. The number of hydrogen-bond donors (Lipinski definition) is 1. The van der Waals surface area contributed by atoms with Gasteiger partial charge in [-0.1, -0.05) is 11.2 Å². The molecule has 3 fully saturated rings. The highest BCUT2D eigenvalue weighted by Gasteiger charge is 2.35. The van der Waals surface area contributed by atoms with E-state index in [0.29, 0.717) is 12.2 Å². The topological polar surface area (TPSA) is 71.6 Å². The Morgan fingerprint density at radius 2 is 1.79 bits per heavy atom. The van der Waals surface area contributed by atoms with Gasteiger partial charge in [0, 0.05) is 38.3 Å². The van der Waals surface area contributed by atoms with Gasteiger partial charge in [-0.3, -0.25) is 4.98 Å². The molecule has 0 unspecified atom stereocenters. The molecule has 1 aliphatic heterocycles. The summed E-state index contributed by atoms with van der Waals surface area (Å²) in [6.45, 7) is 3.19. The molecule has 156 valence electrons. The lowest BCUT2D eigenvalue weighted by Gasteiger charge is -2.37. The van der Waals surface area contributed by atoms with Crippen LogP contribution >= 0.6 is 0 Å². The van der Waals surface area contributed by atoms with Gasteiger partial charge in [0.25, 0.3) is 0 Å². The molecule has 0 radical (unpaired) electrons. The lowest BCUT2D eigenvalue weighted by atomic mass is 9.97. The molecule has 6 nitrogen and oxygen atoms in total. The first-order valence-electron chi connectivity index (χ1n) is 11.2. The zero-order chi connectivity index (χ0) is 19.6. The van der Waals surface area contributed by atoms with E-state index >= 15 is 0 Å². The Hall–Kier alpha value is -1.76. The Labute approximate surface area is 172 Å². The summed E-state index contributed by atoms with van der Waals surface area (Å²) in [5, 5.41) is 14.8. The van der Waals surface area contributed by atoms with E-state index < -0.39 is 0 Å². The second-order valence-electron chi connectivity index (χ2n) is 9.15. The number of rotatable bonds is 9. The second-order valence-corrected chi connectivity index (χ2v) is 9.15. The van der Waals surface area contributed by atoms with Crippen LogP contribution in [0.25, 0.3) is 11.5 Å². The zero-order valence-corrected chi connectivity index (χ0v) is 16.9. The van der Waals surface area contributed by atoms with Crippen LogP contribution in [0.5, 0.6) is 0 Å². The second kappa shape index (κ2) is 8.54. The van der Waals surface area contributed by atoms with Crippen molar-refractivity contribution in [2.75, 3.05) is 19.6 Å². The molecule has 0 amide bonds. The van der Waals surface area contributed by atoms with Crippen LogP contribution in [-0.4, -0.2) is 58.1 Å². The minimum absolute atomic E-state index is 0.0776. The van der Waals surface area contributed by atoms with Gasteiger partial charge in [0.15, 0.2) is 5.76 Å². The first kappa shape index (κ1) is 19.2. The molecule has 2 aromatic rings. The third-order valence-corrected chi connectivity index (χ3v) is 6.36. The number of aliphatic hydroxyl groups excluding tert-OH is 1. The maximum absolute atomic E-state index is 10.6. The van der Waals surface area contributed by atoms with E-state index in [2.05, 4.69) is 15.0 Å². The molecule has 0 bridgehead atoms. The van der Waals surface area contributed by atoms with Crippen LogP contribution in [0, 0.1) is 11.8 Å². The van der Waals surface area contributed by atoms with E-state index in [1.165, 1.54) is 38.8 Å². The monoisotopic (exact) mass is 397 g/mol. The molecule has 2 saturated carbocycles. The van der Waals surface area contributed by atoms with Gasteiger partial charge >= 0.3 is 0 Å². The van der Waals surface area contributed by atoms with Crippen LogP contribution in [0.15, 0.2) is 35.0 Å². The standard InChI is InChI=1S/C23H31N3O3/c27-21-9-8-19(11-18-12-22(29-25-18)20-3-1-2-10-24-20)28-23(21)15-26(13-16-4-5-16)14-17-6-7-17/h1-3,10,12,16-17,19,21,23,27H,4-9,11,13-15H2/t19-,21-,23+/m0/s1. The van der Waals surface area contributed by atoms with E-state index in [9.17, 15) is 5.11 Å². The Morgan fingerprint density at radius 1 is 1.00 bits per heavy atom. The summed E-state index contributed by atoms with van der Waals surface area (Å²) >= 11 is 0. The van der Waals surface area contributed by atoms with E-state index in [4.69, 9.17) is 9.26 Å². The Bertz CT molecular complexity index is 774. The van der Waals surface area contributed by atoms with Crippen LogP contribution in [-0.2, 0) is 11.2 Å². The van der Waals surface area contributed by atoms with Crippen molar-refractivity contribution in [2.45, 2.75) is 63.3 Å². The van der Waals surface area contributed by atoms with Gasteiger partial charge in [-0.25, -0.2) is 0 Å². The lowest BCUT2D eigenvalue weighted by Crippen LogP contribution is -2.47. The normalized spacial score (nSPS) is 27.4. The third-order valence-electron chi connectivity index (χ3n) is 6.36. The molecule has 2 aromatic heterocycles. The number of pyridine rings is 1. The van der Waals surface area contributed by atoms with Gasteiger partial charge in [-0.05, 0) is 62.5 Å². The number of nitrogens with zero attached hydrogens (tertiary/aromatic N) is 3. The van der Waals surface area contributed by atoms with Crippen LogP contribution in [0.1, 0.15) is 44.2 Å². The first-order valence-corrected chi connectivity index (χ1v) is 11.2. The summed E-state index contributed by atoms with van der Waals surface area (Å²) in [4.78, 5) is 6.87. The maximum Gasteiger partial charge on any atom is 0.185 e. The van der Waals surface area contributed by atoms with Gasteiger partial charge in [0.2, 0.25) is 0 Å². The van der Waals surface area contributed by atoms with Gasteiger partial charge < -0.3 is 19.3 Å². The number of aliphatic hydroxyl groups is 1. The Morgan fingerprint density at radius 3 is 2.48 bits per heavy atom. The highest BCUT2D eigenvalue weighted by Crippen LogP contribution is 2.34. The molecule has 1 saturated heterocycles. The molecule has 2 aliphatic carbocycles. The smallest absolute Gasteiger partial charge is 0.185 e. The van der Waals surface area contributed by atoms with Crippen molar-refractivity contribution in [1.82, 2.24) is 15.0 Å². The molecule has 3 heterocycles. The van der Waals surface area contributed by atoms with Gasteiger partial charge in [-0.2, -0.15) is 0 Å². The summed E-state index contributed by atoms with van der Waals surface area (Å²) < 4.78 is 11.8. The van der Waals surface area contributed by atoms with Gasteiger partial charge in [-0.15, -0.1) is 0 Å². The minimum Gasteiger partial charge on any atom is -0.390 e. The summed E-state index contributed by atoms with van der Waals surface area (Å²) in [6, 6.07) is 7.70. The maximum atomic E-state index is 10.6. The van der Waals surface area contributed by atoms with Crippen molar-refractivity contribution in [3.05, 3.63) is 36.2 Å². The van der Waals surface area contributed by atoms with Crippen LogP contribution in [0.3, 0.4) is 0 Å². The summed E-state index contributed by atoms with van der Waals surface area (Å²) in [5.74, 6) is 2.42. The average Bonchev–Trinajstić information content (AvgIpc) is 3.66. The lowest BCUT2D eigenvalue weighted by molar-refractivity contribution is -0.126. The number of hydrogen-bond acceptors (Lipinski definition) is 6. The zero-order valence-electron chi connectivity index (χ0n) is 16.9. The van der Waals surface area contributed by atoms with E-state index in [1.807, 2.05) is 24.3 Å². The molecule has 1 N–H and O–H groups in total. The van der Waals surface area contributed by atoms with Crippen molar-refractivity contribution in [1.29, 1.82) is 0 Å². The largest absolute Gasteiger partial charge is 0.390 e. The van der Waals surface area contributed by atoms with Crippen molar-refractivity contribution in [3.63, 3.8) is 0 Å².